The second kappa shape index (κ2) is 7.03. The van der Waals surface area contributed by atoms with Gasteiger partial charge >= 0.3 is 5.97 Å². The van der Waals surface area contributed by atoms with Crippen molar-refractivity contribution in [3.63, 3.8) is 0 Å². The number of anilines is 1. The lowest BCUT2D eigenvalue weighted by atomic mass is 10.1. The van der Waals surface area contributed by atoms with Gasteiger partial charge in [0.2, 0.25) is 0 Å². The molecule has 4 rings (SSSR count). The van der Waals surface area contributed by atoms with Crippen molar-refractivity contribution in [2.75, 3.05) is 12.8 Å². The lowest BCUT2D eigenvalue weighted by Gasteiger charge is -2.06. The Morgan fingerprint density at radius 3 is 2.93 bits per heavy atom. The van der Waals surface area contributed by atoms with E-state index in [2.05, 4.69) is 20.9 Å². The quantitative estimate of drug-likeness (QED) is 0.549. The molecular formula is C20H19N5O2. The zero-order chi connectivity index (χ0) is 18.8. The fraction of sp³-hybridized carbons (Fsp3) is 0.200. The van der Waals surface area contributed by atoms with E-state index in [0.717, 1.165) is 27.7 Å². The summed E-state index contributed by atoms with van der Waals surface area (Å²) in [5, 5.41) is 5.42. The first-order chi connectivity index (χ1) is 13.2. The van der Waals surface area contributed by atoms with E-state index in [1.54, 1.807) is 16.8 Å². The number of pyridine rings is 1. The molecule has 0 aliphatic heterocycles. The van der Waals surface area contributed by atoms with E-state index in [1.807, 2.05) is 30.5 Å². The van der Waals surface area contributed by atoms with E-state index in [0.29, 0.717) is 30.7 Å². The molecule has 0 atom stereocenters. The predicted molar refractivity (Wildman–Crippen MR) is 103 cm³/mol. The zero-order valence-corrected chi connectivity index (χ0v) is 14.9. The number of carbonyl (C=O) groups excluding carboxylic acids is 1. The predicted octanol–water partition coefficient (Wildman–Crippen LogP) is 3.02. The van der Waals surface area contributed by atoms with Crippen LogP contribution in [0.2, 0.25) is 0 Å². The van der Waals surface area contributed by atoms with Crippen LogP contribution in [0.15, 0.2) is 48.8 Å². The van der Waals surface area contributed by atoms with Crippen molar-refractivity contribution in [3.05, 3.63) is 54.5 Å². The third-order valence-corrected chi connectivity index (χ3v) is 4.50. The number of nitrogen functional groups attached to an aromatic ring is 1. The maximum absolute atomic E-state index is 11.3. The summed E-state index contributed by atoms with van der Waals surface area (Å²) in [5.41, 5.74) is 10.4. The SMILES string of the molecule is COC(=O)CCCc1cc(N)n2ncc(-c3cnc4ccccc4c3)c2n1. The molecule has 136 valence electrons. The lowest BCUT2D eigenvalue weighted by molar-refractivity contribution is -0.140. The first-order valence-corrected chi connectivity index (χ1v) is 8.71. The summed E-state index contributed by atoms with van der Waals surface area (Å²) in [4.78, 5) is 20.5. The monoisotopic (exact) mass is 361 g/mol. The van der Waals surface area contributed by atoms with Gasteiger partial charge in [-0.2, -0.15) is 9.61 Å². The molecule has 3 aromatic heterocycles. The number of benzene rings is 1. The van der Waals surface area contributed by atoms with Crippen molar-refractivity contribution < 1.29 is 9.53 Å². The van der Waals surface area contributed by atoms with Crippen molar-refractivity contribution in [2.24, 2.45) is 0 Å². The van der Waals surface area contributed by atoms with Gasteiger partial charge in [0, 0.05) is 40.9 Å². The number of para-hydroxylation sites is 1. The molecule has 0 aliphatic carbocycles. The Morgan fingerprint density at radius 1 is 1.22 bits per heavy atom. The van der Waals surface area contributed by atoms with Gasteiger partial charge in [0.15, 0.2) is 5.65 Å². The molecular weight excluding hydrogens is 342 g/mol. The fourth-order valence-corrected chi connectivity index (χ4v) is 3.10. The molecule has 0 saturated carbocycles. The van der Waals surface area contributed by atoms with E-state index in [1.165, 1.54) is 7.11 Å². The highest BCUT2D eigenvalue weighted by Crippen LogP contribution is 2.27. The molecule has 1 aromatic carbocycles. The molecule has 27 heavy (non-hydrogen) atoms. The van der Waals surface area contributed by atoms with Crippen LogP contribution in [0, 0.1) is 0 Å². The number of rotatable bonds is 5. The van der Waals surface area contributed by atoms with Gasteiger partial charge in [-0.25, -0.2) is 4.98 Å². The Bertz CT molecular complexity index is 1140. The molecule has 2 N–H and O–H groups in total. The summed E-state index contributed by atoms with van der Waals surface area (Å²) in [5.74, 6) is 0.282. The first kappa shape index (κ1) is 17.0. The molecule has 0 radical (unpaired) electrons. The molecule has 4 aromatic rings. The number of nitrogens with zero attached hydrogens (tertiary/aromatic N) is 4. The second-order valence-electron chi connectivity index (χ2n) is 6.31. The Balaban J connectivity index is 1.71. The highest BCUT2D eigenvalue weighted by molar-refractivity contribution is 5.86. The molecule has 3 heterocycles. The van der Waals surface area contributed by atoms with E-state index in [9.17, 15) is 4.79 Å². The molecule has 7 nitrogen and oxygen atoms in total. The maximum atomic E-state index is 11.3. The molecule has 0 aliphatic rings. The summed E-state index contributed by atoms with van der Waals surface area (Å²) in [6.07, 6.45) is 5.21. The Kier molecular flexibility index (Phi) is 4.42. The van der Waals surface area contributed by atoms with Crippen LogP contribution in [0.3, 0.4) is 0 Å². The fourth-order valence-electron chi connectivity index (χ4n) is 3.10. The highest BCUT2D eigenvalue weighted by atomic mass is 16.5. The number of methoxy groups -OCH3 is 1. The molecule has 0 amide bonds. The maximum Gasteiger partial charge on any atom is 0.305 e. The van der Waals surface area contributed by atoms with E-state index in [4.69, 9.17) is 10.7 Å². The smallest absolute Gasteiger partial charge is 0.305 e. The molecule has 7 heteroatoms. The molecule has 0 fully saturated rings. The number of hydrogen-bond acceptors (Lipinski definition) is 6. The van der Waals surface area contributed by atoms with Crippen LogP contribution in [-0.4, -0.2) is 32.7 Å². The van der Waals surface area contributed by atoms with Crippen LogP contribution in [0.4, 0.5) is 5.82 Å². The topological polar surface area (TPSA) is 95.4 Å². The van der Waals surface area contributed by atoms with Crippen LogP contribution >= 0.6 is 0 Å². The summed E-state index contributed by atoms with van der Waals surface area (Å²) in [6.45, 7) is 0. The van der Waals surface area contributed by atoms with Gasteiger partial charge < -0.3 is 10.5 Å². The van der Waals surface area contributed by atoms with Crippen LogP contribution in [0.5, 0.6) is 0 Å². The average Bonchev–Trinajstić information content (AvgIpc) is 3.12. The number of fused-ring (bicyclic) bond motifs is 2. The molecule has 0 unspecified atom stereocenters. The van der Waals surface area contributed by atoms with Gasteiger partial charge in [-0.05, 0) is 25.0 Å². The first-order valence-electron chi connectivity index (χ1n) is 8.71. The van der Waals surface area contributed by atoms with E-state index in [-0.39, 0.29) is 5.97 Å². The van der Waals surface area contributed by atoms with Gasteiger partial charge in [0.1, 0.15) is 5.82 Å². The minimum absolute atomic E-state index is 0.226. The zero-order valence-electron chi connectivity index (χ0n) is 14.9. The number of ether oxygens (including phenoxy) is 1. The highest BCUT2D eigenvalue weighted by Gasteiger charge is 2.13. The number of esters is 1. The third-order valence-electron chi connectivity index (χ3n) is 4.50. The van der Waals surface area contributed by atoms with Crippen molar-refractivity contribution in [2.45, 2.75) is 19.3 Å². The van der Waals surface area contributed by atoms with Gasteiger partial charge in [-0.1, -0.05) is 18.2 Å². The van der Waals surface area contributed by atoms with Crippen molar-refractivity contribution in [3.8, 4) is 11.1 Å². The summed E-state index contributed by atoms with van der Waals surface area (Å²) < 4.78 is 6.30. The van der Waals surface area contributed by atoms with Crippen LogP contribution < -0.4 is 5.73 Å². The van der Waals surface area contributed by atoms with Crippen LogP contribution in [0.1, 0.15) is 18.5 Å². The van der Waals surface area contributed by atoms with E-state index >= 15 is 0 Å². The second-order valence-corrected chi connectivity index (χ2v) is 6.31. The van der Waals surface area contributed by atoms with Gasteiger partial charge in [0.25, 0.3) is 0 Å². The number of aromatic nitrogens is 4. The molecule has 0 bridgehead atoms. The number of aryl methyl sites for hydroxylation is 1. The van der Waals surface area contributed by atoms with Crippen molar-refractivity contribution in [1.82, 2.24) is 19.6 Å². The number of carbonyl (C=O) groups is 1. The average molecular weight is 361 g/mol. The molecule has 0 spiro atoms. The van der Waals surface area contributed by atoms with Crippen molar-refractivity contribution in [1.29, 1.82) is 0 Å². The summed E-state index contributed by atoms with van der Waals surface area (Å²) in [6, 6.07) is 11.8. The largest absolute Gasteiger partial charge is 0.469 e. The standard InChI is InChI=1S/C20H19N5O2/c1-27-19(26)8-4-6-15-10-18(21)25-20(24-15)16(12-23-25)14-9-13-5-2-3-7-17(13)22-11-14/h2-3,5,7,9-12H,4,6,8,21H2,1H3. The van der Waals surface area contributed by atoms with Gasteiger partial charge in [-0.3, -0.25) is 9.78 Å². The lowest BCUT2D eigenvalue weighted by Crippen LogP contribution is -2.05. The van der Waals surface area contributed by atoms with Gasteiger partial charge in [-0.15, -0.1) is 0 Å². The Labute approximate surface area is 155 Å². The van der Waals surface area contributed by atoms with Crippen LogP contribution in [0.25, 0.3) is 27.7 Å². The number of nitrogens with two attached hydrogens (primary N) is 1. The Hall–Kier alpha value is -3.48. The van der Waals surface area contributed by atoms with Gasteiger partial charge in [0.05, 0.1) is 18.8 Å². The minimum atomic E-state index is -0.226. The normalized spacial score (nSPS) is 11.1. The summed E-state index contributed by atoms with van der Waals surface area (Å²) >= 11 is 0. The summed E-state index contributed by atoms with van der Waals surface area (Å²) in [7, 11) is 1.39. The van der Waals surface area contributed by atoms with Crippen LogP contribution in [-0.2, 0) is 16.0 Å². The van der Waals surface area contributed by atoms with Crippen molar-refractivity contribution >= 4 is 28.3 Å². The van der Waals surface area contributed by atoms with E-state index < -0.39 is 0 Å². The minimum Gasteiger partial charge on any atom is -0.469 e. The molecule has 0 saturated heterocycles. The number of hydrogen-bond donors (Lipinski definition) is 1. The third kappa shape index (κ3) is 3.31. The Morgan fingerprint density at radius 2 is 2.07 bits per heavy atom.